The number of hydrogen-bond acceptors (Lipinski definition) is 10. The van der Waals surface area contributed by atoms with E-state index in [9.17, 15) is 19.8 Å². The Morgan fingerprint density at radius 1 is 0.648 bits per heavy atom. The Hall–Kier alpha value is -2.80. The van der Waals surface area contributed by atoms with Gasteiger partial charge in [0.1, 0.15) is 10.3 Å². The second-order valence-electron chi connectivity index (χ2n) is 18.4. The van der Waals surface area contributed by atoms with Crippen molar-refractivity contribution in [3.63, 3.8) is 0 Å². The molecule has 12 nitrogen and oxygen atoms in total. The largest absolute Gasteiger partial charge is 0.393 e. The van der Waals surface area contributed by atoms with Crippen LogP contribution in [0.1, 0.15) is 89.9 Å². The summed E-state index contributed by atoms with van der Waals surface area (Å²) in [5.41, 5.74) is -0.491. The predicted molar refractivity (Wildman–Crippen MR) is 205 cm³/mol. The topological polar surface area (TPSA) is 157 Å². The van der Waals surface area contributed by atoms with Crippen LogP contribution in [0, 0.1) is 46.3 Å². The quantitative estimate of drug-likeness (QED) is 0.301. The number of anilines is 2. The van der Waals surface area contributed by atoms with E-state index in [4.69, 9.17) is 23.2 Å². The second-order valence-corrected chi connectivity index (χ2v) is 19.1. The van der Waals surface area contributed by atoms with Crippen LogP contribution < -0.4 is 20.4 Å². The maximum Gasteiger partial charge on any atom is 0.226 e. The SMILES string of the molecule is O=C(N[C@H]1CCCN(c2nccc(Cl)n2)C1)C12CC3CC(C1)C(O)C(C3)C2.O=C(N[C@H]1CCCN(c2nccc(Cl)n2)C1)C12CC3CC(C1)C(O)C(C3)C2. The van der Waals surface area contributed by atoms with E-state index < -0.39 is 0 Å². The molecule has 6 atom stereocenters. The molecule has 2 aromatic heterocycles. The van der Waals surface area contributed by atoms with Gasteiger partial charge in [-0.2, -0.15) is 0 Å². The van der Waals surface area contributed by atoms with E-state index in [1.54, 1.807) is 24.5 Å². The van der Waals surface area contributed by atoms with Crippen molar-refractivity contribution in [1.29, 1.82) is 0 Å². The Labute approximate surface area is 327 Å². The molecule has 12 rings (SSSR count). The monoisotopic (exact) mass is 780 g/mol. The molecule has 4 unspecified atom stereocenters. The molecule has 292 valence electrons. The van der Waals surface area contributed by atoms with Crippen molar-refractivity contribution >= 4 is 46.9 Å². The zero-order chi connectivity index (χ0) is 37.2. The van der Waals surface area contributed by atoms with Gasteiger partial charge >= 0.3 is 0 Å². The number of nitrogens with one attached hydrogen (secondary N) is 2. The molecule has 8 saturated carbocycles. The van der Waals surface area contributed by atoms with E-state index in [0.717, 1.165) is 116 Å². The van der Waals surface area contributed by atoms with Crippen LogP contribution in [-0.4, -0.2) is 92.4 Å². The summed E-state index contributed by atoms with van der Waals surface area (Å²) in [5, 5.41) is 28.5. The number of piperidine rings is 2. The third-order valence-corrected chi connectivity index (χ3v) is 15.1. The van der Waals surface area contributed by atoms with Gasteiger partial charge in [-0.1, -0.05) is 23.2 Å². The first-order chi connectivity index (χ1) is 26.0. The van der Waals surface area contributed by atoms with Crippen molar-refractivity contribution in [3.05, 3.63) is 34.8 Å². The highest BCUT2D eigenvalue weighted by Crippen LogP contribution is 2.61. The number of hydrogen-bond donors (Lipinski definition) is 4. The lowest BCUT2D eigenvalue weighted by atomic mass is 9.48. The molecule has 10 fully saturated rings. The van der Waals surface area contributed by atoms with Gasteiger partial charge < -0.3 is 30.6 Å². The van der Waals surface area contributed by atoms with E-state index in [2.05, 4.69) is 40.4 Å². The van der Waals surface area contributed by atoms with Crippen LogP contribution in [-0.2, 0) is 9.59 Å². The van der Waals surface area contributed by atoms with Crippen molar-refractivity contribution in [3.8, 4) is 0 Å². The molecule has 0 aromatic carbocycles. The summed E-state index contributed by atoms with van der Waals surface area (Å²) in [7, 11) is 0. The smallest absolute Gasteiger partial charge is 0.226 e. The van der Waals surface area contributed by atoms with E-state index in [0.29, 0.717) is 57.7 Å². The Morgan fingerprint density at radius 2 is 1.04 bits per heavy atom. The first-order valence-electron chi connectivity index (χ1n) is 20.5. The fourth-order valence-electron chi connectivity index (χ4n) is 12.7. The molecule has 8 bridgehead atoms. The molecule has 8 aliphatic carbocycles. The first-order valence-corrected chi connectivity index (χ1v) is 21.3. The minimum Gasteiger partial charge on any atom is -0.393 e. The van der Waals surface area contributed by atoms with Gasteiger partial charge in [0.25, 0.3) is 0 Å². The molecule has 2 aliphatic heterocycles. The number of carbonyl (C=O) groups is 2. The second kappa shape index (κ2) is 14.6. The molecule has 14 heteroatoms. The number of aliphatic hydroxyl groups excluding tert-OH is 2. The van der Waals surface area contributed by atoms with Gasteiger partial charge in [0, 0.05) is 50.7 Å². The lowest BCUT2D eigenvalue weighted by Gasteiger charge is -2.58. The summed E-state index contributed by atoms with van der Waals surface area (Å²) in [6.45, 7) is 3.22. The van der Waals surface area contributed by atoms with Crippen LogP contribution in [0.3, 0.4) is 0 Å². The van der Waals surface area contributed by atoms with Crippen molar-refractivity contribution in [1.82, 2.24) is 30.6 Å². The molecule has 0 radical (unpaired) electrons. The molecule has 0 spiro atoms. The molecule has 10 aliphatic rings. The number of nitrogens with zero attached hydrogens (tertiary/aromatic N) is 6. The van der Waals surface area contributed by atoms with Crippen molar-refractivity contribution in [2.45, 2.75) is 114 Å². The molecular formula is C40H54Cl2N8O4. The van der Waals surface area contributed by atoms with Gasteiger partial charge in [-0.15, -0.1) is 0 Å². The van der Waals surface area contributed by atoms with E-state index in [1.165, 1.54) is 0 Å². The fraction of sp³-hybridized carbons (Fsp3) is 0.750. The zero-order valence-electron chi connectivity index (χ0n) is 31.0. The summed E-state index contributed by atoms with van der Waals surface area (Å²) in [6.07, 6.45) is 16.8. The highest BCUT2D eigenvalue weighted by Gasteiger charge is 2.59. The molecule has 2 aromatic rings. The van der Waals surface area contributed by atoms with E-state index >= 15 is 0 Å². The molecule has 2 saturated heterocycles. The molecule has 2 amide bonds. The van der Waals surface area contributed by atoms with Crippen LogP contribution in [0.5, 0.6) is 0 Å². The van der Waals surface area contributed by atoms with Crippen molar-refractivity contribution in [2.75, 3.05) is 36.0 Å². The van der Waals surface area contributed by atoms with Gasteiger partial charge in [-0.05, 0) is 138 Å². The van der Waals surface area contributed by atoms with Crippen LogP contribution in [0.4, 0.5) is 11.9 Å². The highest BCUT2D eigenvalue weighted by atomic mass is 35.5. The number of carbonyl (C=O) groups excluding carboxylic acids is 2. The van der Waals surface area contributed by atoms with Crippen LogP contribution in [0.15, 0.2) is 24.5 Å². The molecular weight excluding hydrogens is 727 g/mol. The van der Waals surface area contributed by atoms with Crippen LogP contribution >= 0.6 is 23.2 Å². The van der Waals surface area contributed by atoms with Gasteiger partial charge in [-0.3, -0.25) is 9.59 Å². The third kappa shape index (κ3) is 7.06. The summed E-state index contributed by atoms with van der Waals surface area (Å²) in [4.78, 5) is 48.1. The van der Waals surface area contributed by atoms with E-state index in [1.807, 2.05) is 0 Å². The normalized spacial score (nSPS) is 40.2. The van der Waals surface area contributed by atoms with Gasteiger partial charge in [0.05, 0.1) is 23.0 Å². The summed E-state index contributed by atoms with van der Waals surface area (Å²) in [5.74, 6) is 4.25. The molecule has 4 heterocycles. The number of aliphatic hydroxyl groups is 2. The average Bonchev–Trinajstić information content (AvgIpc) is 3.16. The third-order valence-electron chi connectivity index (χ3n) is 14.7. The lowest BCUT2D eigenvalue weighted by molar-refractivity contribution is -0.164. The van der Waals surface area contributed by atoms with Crippen LogP contribution in [0.2, 0.25) is 10.3 Å². The number of halogens is 2. The van der Waals surface area contributed by atoms with E-state index in [-0.39, 0.29) is 46.9 Å². The van der Waals surface area contributed by atoms with Crippen molar-refractivity contribution < 1.29 is 19.8 Å². The Balaban J connectivity index is 0.000000142. The lowest BCUT2D eigenvalue weighted by Crippen LogP contribution is -2.60. The first kappa shape index (κ1) is 36.8. The fourth-order valence-corrected chi connectivity index (χ4v) is 13.0. The minimum atomic E-state index is -0.245. The maximum atomic E-state index is 13.3. The van der Waals surface area contributed by atoms with Gasteiger partial charge in [-0.25, -0.2) is 19.9 Å². The number of rotatable bonds is 6. The predicted octanol–water partition coefficient (Wildman–Crippen LogP) is 4.80. The molecule has 54 heavy (non-hydrogen) atoms. The van der Waals surface area contributed by atoms with Crippen LogP contribution in [0.25, 0.3) is 0 Å². The standard InChI is InChI=1S/2C20H27ClN4O2/c2*21-16-3-4-22-19(24-16)25-5-1-2-15(11-25)23-18(27)20-8-12-6-13(9-20)17(26)14(7-12)10-20/h2*3-4,12-15,17,26H,1-2,5-11H2,(H,23,27)/t2*12?,13?,14?,15-,17?,20?/m00/s1. The molecule has 4 N–H and O–H groups in total. The maximum absolute atomic E-state index is 13.3. The minimum absolute atomic E-state index is 0.117. The summed E-state index contributed by atoms with van der Waals surface area (Å²) < 4.78 is 0. The van der Waals surface area contributed by atoms with Gasteiger partial charge in [0.15, 0.2) is 0 Å². The summed E-state index contributed by atoms with van der Waals surface area (Å²) in [6, 6.07) is 3.59. The Kier molecular flexibility index (Phi) is 9.96. The summed E-state index contributed by atoms with van der Waals surface area (Å²) >= 11 is 12.0. The zero-order valence-corrected chi connectivity index (χ0v) is 32.5. The number of aromatic nitrogens is 4. The average molecular weight is 782 g/mol. The Bertz CT molecular complexity index is 1580. The van der Waals surface area contributed by atoms with Gasteiger partial charge in [0.2, 0.25) is 23.7 Å². The number of amides is 2. The van der Waals surface area contributed by atoms with Crippen molar-refractivity contribution in [2.24, 2.45) is 46.3 Å². The Morgan fingerprint density at radius 3 is 1.41 bits per heavy atom. The highest BCUT2D eigenvalue weighted by molar-refractivity contribution is 6.29.